The second-order valence-electron chi connectivity index (χ2n) is 4.94. The van der Waals surface area contributed by atoms with Crippen molar-refractivity contribution in [2.75, 3.05) is 19.6 Å². The van der Waals surface area contributed by atoms with Gasteiger partial charge in [-0.25, -0.2) is 8.42 Å². The maximum Gasteiger partial charge on any atom is 0.243 e. The van der Waals surface area contributed by atoms with E-state index in [2.05, 4.69) is 6.92 Å². The van der Waals surface area contributed by atoms with Crippen LogP contribution in [0.5, 0.6) is 0 Å². The summed E-state index contributed by atoms with van der Waals surface area (Å²) in [6.45, 7) is 5.63. The minimum atomic E-state index is -3.39. The van der Waals surface area contributed by atoms with Crippen molar-refractivity contribution in [3.63, 3.8) is 0 Å². The number of aryl methyl sites for hydroxylation is 1. The summed E-state index contributed by atoms with van der Waals surface area (Å²) in [7, 11) is -3.39. The van der Waals surface area contributed by atoms with Gasteiger partial charge >= 0.3 is 0 Å². The van der Waals surface area contributed by atoms with Crippen LogP contribution in [0.25, 0.3) is 0 Å². The molecule has 0 amide bonds. The molecule has 2 N–H and O–H groups in total. The van der Waals surface area contributed by atoms with Gasteiger partial charge in [0, 0.05) is 13.1 Å². The molecule has 0 aliphatic rings. The highest BCUT2D eigenvalue weighted by Gasteiger charge is 2.22. The summed E-state index contributed by atoms with van der Waals surface area (Å²) in [4.78, 5) is 0.378. The van der Waals surface area contributed by atoms with E-state index >= 15 is 0 Å². The molecule has 0 heterocycles. The lowest BCUT2D eigenvalue weighted by atomic mass is 10.1. The van der Waals surface area contributed by atoms with Crippen molar-refractivity contribution in [1.29, 1.82) is 0 Å². The number of sulfonamides is 1. The molecule has 1 aromatic carbocycles. The Morgan fingerprint density at radius 3 is 2.20 bits per heavy atom. The van der Waals surface area contributed by atoms with Gasteiger partial charge in [0.2, 0.25) is 10.0 Å². The molecular weight excluding hydrogens is 272 g/mol. The van der Waals surface area contributed by atoms with E-state index < -0.39 is 10.0 Å². The predicted octanol–water partition coefficient (Wildman–Crippen LogP) is 2.39. The summed E-state index contributed by atoms with van der Waals surface area (Å²) in [5, 5.41) is 0. The summed E-state index contributed by atoms with van der Waals surface area (Å²) in [5.41, 5.74) is 6.66. The van der Waals surface area contributed by atoms with Crippen LogP contribution in [0.3, 0.4) is 0 Å². The second kappa shape index (κ2) is 8.39. The van der Waals surface area contributed by atoms with Gasteiger partial charge in [-0.15, -0.1) is 0 Å². The molecule has 114 valence electrons. The first-order valence-corrected chi connectivity index (χ1v) is 8.79. The quantitative estimate of drug-likeness (QED) is 0.761. The van der Waals surface area contributed by atoms with Gasteiger partial charge in [-0.3, -0.25) is 0 Å². The molecule has 0 aliphatic carbocycles. The number of nitrogens with two attached hydrogens (primary N) is 1. The van der Waals surface area contributed by atoms with Crippen LogP contribution in [0, 0.1) is 0 Å². The SMILES string of the molecule is CCCc1ccc(S(=O)(=O)N(CCC)CCCN)cc1. The monoisotopic (exact) mass is 298 g/mol. The maximum atomic E-state index is 12.6. The molecular formula is C15H26N2O2S. The molecule has 4 nitrogen and oxygen atoms in total. The zero-order valence-electron chi connectivity index (χ0n) is 12.5. The Labute approximate surface area is 123 Å². The normalized spacial score (nSPS) is 12.0. The number of benzene rings is 1. The van der Waals surface area contributed by atoms with Crippen LogP contribution in [0.15, 0.2) is 29.2 Å². The van der Waals surface area contributed by atoms with E-state index in [0.717, 1.165) is 19.3 Å². The second-order valence-corrected chi connectivity index (χ2v) is 6.88. The van der Waals surface area contributed by atoms with Crippen molar-refractivity contribution in [3.8, 4) is 0 Å². The Hall–Kier alpha value is -0.910. The van der Waals surface area contributed by atoms with Crippen LogP contribution in [-0.4, -0.2) is 32.4 Å². The zero-order chi connectivity index (χ0) is 15.0. The molecule has 0 unspecified atom stereocenters. The first-order chi connectivity index (χ1) is 9.56. The largest absolute Gasteiger partial charge is 0.330 e. The molecule has 0 saturated heterocycles. The van der Waals surface area contributed by atoms with E-state index in [1.165, 1.54) is 9.87 Å². The van der Waals surface area contributed by atoms with Gasteiger partial charge in [0.05, 0.1) is 4.90 Å². The lowest BCUT2D eigenvalue weighted by Gasteiger charge is -2.21. The highest BCUT2D eigenvalue weighted by atomic mass is 32.2. The summed E-state index contributed by atoms with van der Waals surface area (Å²) in [5.74, 6) is 0. The van der Waals surface area contributed by atoms with Gasteiger partial charge in [-0.1, -0.05) is 32.4 Å². The standard InChI is InChI=1S/C15H26N2O2S/c1-3-6-14-7-9-15(10-8-14)20(18,19)17(12-4-2)13-5-11-16/h7-10H,3-6,11-13,16H2,1-2H3. The maximum absolute atomic E-state index is 12.6. The molecule has 0 saturated carbocycles. The van der Waals surface area contributed by atoms with Crippen molar-refractivity contribution in [1.82, 2.24) is 4.31 Å². The lowest BCUT2D eigenvalue weighted by Crippen LogP contribution is -2.33. The fourth-order valence-corrected chi connectivity index (χ4v) is 3.71. The Balaban J connectivity index is 2.93. The van der Waals surface area contributed by atoms with Crippen LogP contribution >= 0.6 is 0 Å². The van der Waals surface area contributed by atoms with E-state index in [1.54, 1.807) is 12.1 Å². The minimum absolute atomic E-state index is 0.378. The Morgan fingerprint density at radius 1 is 1.05 bits per heavy atom. The topological polar surface area (TPSA) is 63.4 Å². The molecule has 1 aromatic rings. The fourth-order valence-electron chi connectivity index (χ4n) is 2.14. The number of nitrogens with zero attached hydrogens (tertiary/aromatic N) is 1. The van der Waals surface area contributed by atoms with Crippen molar-refractivity contribution in [2.24, 2.45) is 5.73 Å². The third-order valence-corrected chi connectivity index (χ3v) is 5.10. The molecule has 0 bridgehead atoms. The zero-order valence-corrected chi connectivity index (χ0v) is 13.3. The highest BCUT2D eigenvalue weighted by Crippen LogP contribution is 2.17. The van der Waals surface area contributed by atoms with Gasteiger partial charge in [0.25, 0.3) is 0 Å². The first kappa shape index (κ1) is 17.1. The van der Waals surface area contributed by atoms with Crippen LogP contribution < -0.4 is 5.73 Å². The average molecular weight is 298 g/mol. The summed E-state index contributed by atoms with van der Waals surface area (Å²) < 4.78 is 26.7. The molecule has 20 heavy (non-hydrogen) atoms. The van der Waals surface area contributed by atoms with E-state index in [-0.39, 0.29) is 0 Å². The minimum Gasteiger partial charge on any atom is -0.330 e. The van der Waals surface area contributed by atoms with E-state index in [4.69, 9.17) is 5.73 Å². The van der Waals surface area contributed by atoms with Gasteiger partial charge in [-0.2, -0.15) is 4.31 Å². The van der Waals surface area contributed by atoms with E-state index in [1.807, 2.05) is 19.1 Å². The molecule has 0 radical (unpaired) electrons. The van der Waals surface area contributed by atoms with Crippen molar-refractivity contribution >= 4 is 10.0 Å². The summed E-state index contributed by atoms with van der Waals surface area (Å²) in [6, 6.07) is 7.24. The first-order valence-electron chi connectivity index (χ1n) is 7.35. The molecule has 0 aromatic heterocycles. The predicted molar refractivity (Wildman–Crippen MR) is 83.2 cm³/mol. The van der Waals surface area contributed by atoms with Gasteiger partial charge in [0.15, 0.2) is 0 Å². The number of rotatable bonds is 9. The Morgan fingerprint density at radius 2 is 1.70 bits per heavy atom. The third-order valence-electron chi connectivity index (χ3n) is 3.18. The van der Waals surface area contributed by atoms with Crippen LogP contribution in [0.4, 0.5) is 0 Å². The van der Waals surface area contributed by atoms with Crippen LogP contribution in [-0.2, 0) is 16.4 Å². The number of hydrogen-bond donors (Lipinski definition) is 1. The molecule has 0 aliphatic heterocycles. The van der Waals surface area contributed by atoms with Crippen molar-refractivity contribution in [2.45, 2.75) is 44.4 Å². The Kier molecular flexibility index (Phi) is 7.19. The third kappa shape index (κ3) is 4.58. The van der Waals surface area contributed by atoms with Crippen LogP contribution in [0.2, 0.25) is 0 Å². The molecule has 1 rings (SSSR count). The average Bonchev–Trinajstić information content (AvgIpc) is 2.44. The van der Waals surface area contributed by atoms with Gasteiger partial charge < -0.3 is 5.73 Å². The molecule has 0 spiro atoms. The molecule has 0 fully saturated rings. The number of hydrogen-bond acceptors (Lipinski definition) is 3. The molecule has 0 atom stereocenters. The fraction of sp³-hybridized carbons (Fsp3) is 0.600. The molecule has 5 heteroatoms. The van der Waals surface area contributed by atoms with E-state index in [9.17, 15) is 8.42 Å². The van der Waals surface area contributed by atoms with Crippen molar-refractivity contribution in [3.05, 3.63) is 29.8 Å². The summed E-state index contributed by atoms with van der Waals surface area (Å²) >= 11 is 0. The van der Waals surface area contributed by atoms with Gasteiger partial charge in [-0.05, 0) is 43.5 Å². The van der Waals surface area contributed by atoms with Gasteiger partial charge in [0.1, 0.15) is 0 Å². The van der Waals surface area contributed by atoms with Crippen molar-refractivity contribution < 1.29 is 8.42 Å². The van der Waals surface area contributed by atoms with E-state index in [0.29, 0.717) is 31.0 Å². The Bertz CT molecular complexity index is 483. The summed E-state index contributed by atoms with van der Waals surface area (Å²) in [6.07, 6.45) is 3.53. The lowest BCUT2D eigenvalue weighted by molar-refractivity contribution is 0.406. The van der Waals surface area contributed by atoms with Crippen LogP contribution in [0.1, 0.15) is 38.7 Å². The highest BCUT2D eigenvalue weighted by molar-refractivity contribution is 7.89. The smallest absolute Gasteiger partial charge is 0.243 e.